The number of aromatic nitrogens is 2. The third-order valence-corrected chi connectivity index (χ3v) is 3.91. The predicted molar refractivity (Wildman–Crippen MR) is 98.1 cm³/mol. The Labute approximate surface area is 152 Å². The van der Waals surface area contributed by atoms with Gasteiger partial charge in [0.1, 0.15) is 12.4 Å². The van der Waals surface area contributed by atoms with Crippen LogP contribution >= 0.6 is 0 Å². The third kappa shape index (κ3) is 4.27. The molecule has 1 amide bonds. The summed E-state index contributed by atoms with van der Waals surface area (Å²) in [7, 11) is 1.71. The van der Waals surface area contributed by atoms with Crippen molar-refractivity contribution in [2.75, 3.05) is 20.2 Å². The minimum Gasteiger partial charge on any atom is -0.492 e. The first-order valence-electron chi connectivity index (χ1n) is 8.36. The maximum Gasteiger partial charge on any atom is 0.275 e. The van der Waals surface area contributed by atoms with E-state index in [2.05, 4.69) is 16.2 Å². The second-order valence-electron chi connectivity index (χ2n) is 6.22. The second-order valence-corrected chi connectivity index (χ2v) is 6.22. The molecule has 0 aliphatic rings. The van der Waals surface area contributed by atoms with Crippen molar-refractivity contribution < 1.29 is 14.1 Å². The molecule has 0 spiro atoms. The quantitative estimate of drug-likeness (QED) is 0.680. The number of hydrogen-bond acceptors (Lipinski definition) is 5. The molecule has 0 N–H and O–H groups in total. The molecule has 2 aromatic heterocycles. The van der Waals surface area contributed by atoms with Crippen LogP contribution in [-0.2, 0) is 0 Å². The fourth-order valence-electron chi connectivity index (χ4n) is 2.63. The zero-order valence-corrected chi connectivity index (χ0v) is 15.1. The van der Waals surface area contributed by atoms with Gasteiger partial charge in [0.15, 0.2) is 11.5 Å². The fraction of sp³-hybridized carbons (Fsp3) is 0.250. The minimum atomic E-state index is -0.215. The summed E-state index contributed by atoms with van der Waals surface area (Å²) in [6.45, 7) is 4.90. The Kier molecular flexibility index (Phi) is 5.31. The molecule has 0 saturated carbocycles. The van der Waals surface area contributed by atoms with E-state index in [-0.39, 0.29) is 11.6 Å². The maximum absolute atomic E-state index is 12.5. The monoisotopic (exact) mass is 351 g/mol. The summed E-state index contributed by atoms with van der Waals surface area (Å²) in [4.78, 5) is 18.1. The highest BCUT2D eigenvalue weighted by Crippen LogP contribution is 2.19. The maximum atomic E-state index is 12.5. The van der Waals surface area contributed by atoms with Gasteiger partial charge in [-0.1, -0.05) is 11.2 Å². The van der Waals surface area contributed by atoms with Crippen LogP contribution in [0.3, 0.4) is 0 Å². The molecule has 3 aromatic rings. The van der Waals surface area contributed by atoms with E-state index in [9.17, 15) is 4.79 Å². The second kappa shape index (κ2) is 7.82. The van der Waals surface area contributed by atoms with Crippen LogP contribution in [0.1, 0.15) is 21.6 Å². The van der Waals surface area contributed by atoms with Gasteiger partial charge in [0.25, 0.3) is 5.91 Å². The Morgan fingerprint density at radius 3 is 2.65 bits per heavy atom. The van der Waals surface area contributed by atoms with Crippen LogP contribution in [0.25, 0.3) is 11.3 Å². The van der Waals surface area contributed by atoms with Crippen molar-refractivity contribution in [3.05, 3.63) is 65.6 Å². The van der Waals surface area contributed by atoms with Crippen LogP contribution in [0.15, 0.2) is 53.3 Å². The zero-order chi connectivity index (χ0) is 18.5. The molecule has 0 aliphatic carbocycles. The molecule has 0 unspecified atom stereocenters. The summed E-state index contributed by atoms with van der Waals surface area (Å²) in [5.41, 5.74) is 3.34. The average Bonchev–Trinajstić information content (AvgIpc) is 3.11. The number of hydrogen-bond donors (Lipinski definition) is 0. The standard InChI is InChI=1S/C20H21N3O3/c1-14-9-15(2)11-17(10-14)25-8-7-23(3)20(24)18-12-19(26-22-18)16-5-4-6-21-13-16/h4-6,9-13H,7-8H2,1-3H3. The van der Waals surface area contributed by atoms with Gasteiger partial charge < -0.3 is 14.2 Å². The molecule has 0 fully saturated rings. The summed E-state index contributed by atoms with van der Waals surface area (Å²) in [6, 6.07) is 11.3. The van der Waals surface area contributed by atoms with Crippen LogP contribution in [0, 0.1) is 13.8 Å². The van der Waals surface area contributed by atoms with E-state index in [1.54, 1.807) is 36.5 Å². The van der Waals surface area contributed by atoms with Gasteiger partial charge in [-0.05, 0) is 49.2 Å². The third-order valence-electron chi connectivity index (χ3n) is 3.91. The average molecular weight is 351 g/mol. The number of pyridine rings is 1. The minimum absolute atomic E-state index is 0.215. The van der Waals surface area contributed by atoms with E-state index < -0.39 is 0 Å². The van der Waals surface area contributed by atoms with E-state index in [0.717, 1.165) is 22.4 Å². The largest absolute Gasteiger partial charge is 0.492 e. The molecular weight excluding hydrogens is 330 g/mol. The van der Waals surface area contributed by atoms with Crippen LogP contribution in [-0.4, -0.2) is 41.1 Å². The summed E-state index contributed by atoms with van der Waals surface area (Å²) in [5, 5.41) is 3.87. The van der Waals surface area contributed by atoms with Crippen LogP contribution < -0.4 is 4.74 Å². The lowest BCUT2D eigenvalue weighted by atomic mass is 10.1. The molecule has 0 saturated heterocycles. The zero-order valence-electron chi connectivity index (χ0n) is 15.1. The van der Waals surface area contributed by atoms with Crippen molar-refractivity contribution >= 4 is 5.91 Å². The summed E-state index contributed by atoms with van der Waals surface area (Å²) in [6.07, 6.45) is 3.34. The number of aryl methyl sites for hydroxylation is 2. The van der Waals surface area contributed by atoms with Gasteiger partial charge in [0.2, 0.25) is 0 Å². The van der Waals surface area contributed by atoms with Gasteiger partial charge in [-0.15, -0.1) is 0 Å². The van der Waals surface area contributed by atoms with E-state index in [1.165, 1.54) is 0 Å². The molecular formula is C20H21N3O3. The summed E-state index contributed by atoms with van der Waals surface area (Å²) >= 11 is 0. The van der Waals surface area contributed by atoms with E-state index in [0.29, 0.717) is 18.9 Å². The Morgan fingerprint density at radius 2 is 1.96 bits per heavy atom. The van der Waals surface area contributed by atoms with Crippen molar-refractivity contribution in [1.82, 2.24) is 15.0 Å². The van der Waals surface area contributed by atoms with E-state index in [1.807, 2.05) is 32.0 Å². The Bertz CT molecular complexity index is 870. The fourth-order valence-corrected chi connectivity index (χ4v) is 2.63. The van der Waals surface area contributed by atoms with E-state index >= 15 is 0 Å². The number of carbonyl (C=O) groups excluding carboxylic acids is 1. The van der Waals surface area contributed by atoms with Gasteiger partial charge in [-0.3, -0.25) is 9.78 Å². The van der Waals surface area contributed by atoms with Gasteiger partial charge in [0.05, 0.1) is 6.54 Å². The lowest BCUT2D eigenvalue weighted by molar-refractivity contribution is 0.0763. The molecule has 1 aromatic carbocycles. The molecule has 134 valence electrons. The summed E-state index contributed by atoms with van der Waals surface area (Å²) < 4.78 is 11.0. The van der Waals surface area contributed by atoms with Gasteiger partial charge in [0, 0.05) is 31.1 Å². The number of rotatable bonds is 6. The van der Waals surface area contributed by atoms with Crippen molar-refractivity contribution in [3.63, 3.8) is 0 Å². The number of nitrogens with zero attached hydrogens (tertiary/aromatic N) is 3. The lowest BCUT2D eigenvalue weighted by Gasteiger charge is -2.16. The SMILES string of the molecule is Cc1cc(C)cc(OCCN(C)C(=O)c2cc(-c3cccnc3)on2)c1. The molecule has 26 heavy (non-hydrogen) atoms. The molecule has 6 nitrogen and oxygen atoms in total. The number of benzene rings is 1. The molecule has 6 heteroatoms. The number of amides is 1. The van der Waals surface area contributed by atoms with Gasteiger partial charge in [-0.2, -0.15) is 0 Å². The van der Waals surface area contributed by atoms with Crippen molar-refractivity contribution in [3.8, 4) is 17.1 Å². The molecule has 0 bridgehead atoms. The smallest absolute Gasteiger partial charge is 0.275 e. The van der Waals surface area contributed by atoms with Crippen LogP contribution in [0.4, 0.5) is 0 Å². The highest BCUT2D eigenvalue weighted by molar-refractivity contribution is 5.92. The predicted octanol–water partition coefficient (Wildman–Crippen LogP) is 3.50. The van der Waals surface area contributed by atoms with Gasteiger partial charge in [-0.25, -0.2) is 0 Å². The highest BCUT2D eigenvalue weighted by atomic mass is 16.5. The molecule has 0 aliphatic heterocycles. The Morgan fingerprint density at radius 1 is 1.19 bits per heavy atom. The van der Waals surface area contributed by atoms with Crippen LogP contribution in [0.5, 0.6) is 5.75 Å². The van der Waals surface area contributed by atoms with Crippen molar-refractivity contribution in [2.24, 2.45) is 0 Å². The van der Waals surface area contributed by atoms with E-state index in [4.69, 9.17) is 9.26 Å². The normalized spacial score (nSPS) is 10.6. The topological polar surface area (TPSA) is 68.5 Å². The van der Waals surface area contributed by atoms with Crippen molar-refractivity contribution in [1.29, 1.82) is 0 Å². The first kappa shape index (κ1) is 17.7. The highest BCUT2D eigenvalue weighted by Gasteiger charge is 2.17. The Balaban J connectivity index is 1.57. The number of carbonyl (C=O) groups is 1. The van der Waals surface area contributed by atoms with Crippen molar-refractivity contribution in [2.45, 2.75) is 13.8 Å². The van der Waals surface area contributed by atoms with Crippen LogP contribution in [0.2, 0.25) is 0 Å². The number of likely N-dealkylation sites (N-methyl/N-ethyl adjacent to an activating group) is 1. The molecule has 3 rings (SSSR count). The summed E-state index contributed by atoms with van der Waals surface area (Å²) in [5.74, 6) is 1.11. The molecule has 0 radical (unpaired) electrons. The molecule has 2 heterocycles. The number of ether oxygens (including phenoxy) is 1. The Hall–Kier alpha value is -3.15. The lowest BCUT2D eigenvalue weighted by Crippen LogP contribution is -2.31. The first-order valence-corrected chi connectivity index (χ1v) is 8.36. The van der Waals surface area contributed by atoms with Gasteiger partial charge >= 0.3 is 0 Å². The first-order chi connectivity index (χ1) is 12.5. The molecule has 0 atom stereocenters.